The number of rotatable bonds is 3. The molecule has 1 heterocycles. The summed E-state index contributed by atoms with van der Waals surface area (Å²) in [6.45, 7) is 4.44. The molecule has 0 bridgehead atoms. The highest BCUT2D eigenvalue weighted by atomic mass is 79.9. The van der Waals surface area contributed by atoms with Crippen molar-refractivity contribution >= 4 is 21.6 Å². The third kappa shape index (κ3) is 3.72. The number of nitrogens with zero attached hydrogens (tertiary/aromatic N) is 1. The predicted octanol–water partition coefficient (Wildman–Crippen LogP) is 3.72. The molecule has 2 rings (SSSR count). The van der Waals surface area contributed by atoms with Crippen molar-refractivity contribution < 1.29 is 0 Å². The molecule has 1 aromatic rings. The van der Waals surface area contributed by atoms with Gasteiger partial charge >= 0.3 is 0 Å². The van der Waals surface area contributed by atoms with Crippen LogP contribution in [0.2, 0.25) is 0 Å². The molecular weight excluding hydrogens is 288 g/mol. The summed E-state index contributed by atoms with van der Waals surface area (Å²) in [5.41, 5.74) is 8.72. The number of hydrogen-bond acceptors (Lipinski definition) is 2. The molecule has 1 atom stereocenters. The zero-order valence-corrected chi connectivity index (χ0v) is 12.7. The lowest BCUT2D eigenvalue weighted by molar-refractivity contribution is 0.726. The summed E-state index contributed by atoms with van der Waals surface area (Å²) in [7, 11) is 0. The van der Waals surface area contributed by atoms with E-state index in [4.69, 9.17) is 5.73 Å². The van der Waals surface area contributed by atoms with E-state index in [-0.39, 0.29) is 6.04 Å². The summed E-state index contributed by atoms with van der Waals surface area (Å²) < 4.78 is 1.16. The third-order valence-electron chi connectivity index (χ3n) is 3.54. The molecule has 0 spiro atoms. The second-order valence-corrected chi connectivity index (χ2v) is 6.27. The quantitative estimate of drug-likeness (QED) is 0.922. The Balaban J connectivity index is 2.24. The fraction of sp³-hybridized carbons (Fsp3) is 0.600. The first-order valence-electron chi connectivity index (χ1n) is 6.96. The average molecular weight is 311 g/mol. The summed E-state index contributed by atoms with van der Waals surface area (Å²) in [5, 5.41) is 0. The number of benzene rings is 1. The lowest BCUT2D eigenvalue weighted by Gasteiger charge is -2.26. The lowest BCUT2D eigenvalue weighted by atomic mass is 10.0. The molecule has 1 aliphatic rings. The van der Waals surface area contributed by atoms with E-state index < -0.39 is 0 Å². The first-order chi connectivity index (χ1) is 8.66. The van der Waals surface area contributed by atoms with E-state index in [2.05, 4.69) is 46.0 Å². The minimum Gasteiger partial charge on any atom is -0.371 e. The van der Waals surface area contributed by atoms with Crippen LogP contribution in [0, 0.1) is 0 Å². The second-order valence-electron chi connectivity index (χ2n) is 5.36. The van der Waals surface area contributed by atoms with Crippen LogP contribution in [0.1, 0.15) is 38.2 Å². The largest absolute Gasteiger partial charge is 0.371 e. The van der Waals surface area contributed by atoms with E-state index >= 15 is 0 Å². The van der Waals surface area contributed by atoms with Gasteiger partial charge in [-0.3, -0.25) is 0 Å². The summed E-state index contributed by atoms with van der Waals surface area (Å²) in [4.78, 5) is 2.54. The molecule has 2 nitrogen and oxygen atoms in total. The Hall–Kier alpha value is -0.540. The van der Waals surface area contributed by atoms with Crippen LogP contribution in [0.25, 0.3) is 0 Å². The SMILES string of the molecule is CC(N)Cc1ccc(Br)cc1N1CCCCCC1. The molecular formula is C15H23BrN2. The maximum absolute atomic E-state index is 5.96. The van der Waals surface area contributed by atoms with Crippen molar-refractivity contribution in [3.8, 4) is 0 Å². The van der Waals surface area contributed by atoms with Crippen molar-refractivity contribution in [2.45, 2.75) is 45.1 Å². The monoisotopic (exact) mass is 310 g/mol. The van der Waals surface area contributed by atoms with Crippen LogP contribution in [-0.4, -0.2) is 19.1 Å². The van der Waals surface area contributed by atoms with Crippen molar-refractivity contribution in [2.75, 3.05) is 18.0 Å². The molecule has 100 valence electrons. The van der Waals surface area contributed by atoms with E-state index in [9.17, 15) is 0 Å². The Morgan fingerprint density at radius 1 is 1.22 bits per heavy atom. The average Bonchev–Trinajstić information content (AvgIpc) is 2.59. The first kappa shape index (κ1) is 13.9. The smallest absolute Gasteiger partial charge is 0.0410 e. The maximum atomic E-state index is 5.96. The molecule has 3 heteroatoms. The Labute approximate surface area is 119 Å². The second kappa shape index (κ2) is 6.58. The van der Waals surface area contributed by atoms with Gasteiger partial charge in [0, 0.05) is 29.3 Å². The fourth-order valence-corrected chi connectivity index (χ4v) is 3.01. The molecule has 0 amide bonds. The highest BCUT2D eigenvalue weighted by Crippen LogP contribution is 2.28. The van der Waals surface area contributed by atoms with Crippen molar-refractivity contribution in [1.29, 1.82) is 0 Å². The molecule has 0 saturated carbocycles. The molecule has 2 N–H and O–H groups in total. The van der Waals surface area contributed by atoms with Crippen LogP contribution in [-0.2, 0) is 6.42 Å². The van der Waals surface area contributed by atoms with Gasteiger partial charge in [-0.25, -0.2) is 0 Å². The topological polar surface area (TPSA) is 29.3 Å². The number of hydrogen-bond donors (Lipinski definition) is 1. The molecule has 1 aliphatic heterocycles. The van der Waals surface area contributed by atoms with E-state index in [0.29, 0.717) is 0 Å². The minimum atomic E-state index is 0.219. The van der Waals surface area contributed by atoms with Crippen molar-refractivity contribution in [1.82, 2.24) is 0 Å². The van der Waals surface area contributed by atoms with Crippen LogP contribution in [0.5, 0.6) is 0 Å². The molecule has 1 aromatic carbocycles. The summed E-state index contributed by atoms with van der Waals surface area (Å²) in [6.07, 6.45) is 6.31. The molecule has 1 unspecified atom stereocenters. The van der Waals surface area contributed by atoms with Crippen molar-refractivity contribution in [3.05, 3.63) is 28.2 Å². The maximum Gasteiger partial charge on any atom is 0.0410 e. The molecule has 18 heavy (non-hydrogen) atoms. The highest BCUT2D eigenvalue weighted by molar-refractivity contribution is 9.10. The molecule has 0 aromatic heterocycles. The minimum absolute atomic E-state index is 0.219. The Kier molecular flexibility index (Phi) is 5.07. The summed E-state index contributed by atoms with van der Waals surface area (Å²) in [5.74, 6) is 0. The molecule has 0 aliphatic carbocycles. The van der Waals surface area contributed by atoms with E-state index in [1.807, 2.05) is 0 Å². The zero-order valence-electron chi connectivity index (χ0n) is 11.2. The van der Waals surface area contributed by atoms with Crippen LogP contribution in [0.4, 0.5) is 5.69 Å². The Morgan fingerprint density at radius 3 is 2.50 bits per heavy atom. The van der Waals surface area contributed by atoms with Gasteiger partial charge in [-0.15, -0.1) is 0 Å². The van der Waals surface area contributed by atoms with Gasteiger partial charge in [-0.05, 0) is 43.9 Å². The predicted molar refractivity (Wildman–Crippen MR) is 82.2 cm³/mol. The lowest BCUT2D eigenvalue weighted by Crippen LogP contribution is -2.26. The highest BCUT2D eigenvalue weighted by Gasteiger charge is 2.14. The number of nitrogens with two attached hydrogens (primary N) is 1. The van der Waals surface area contributed by atoms with Gasteiger partial charge in [0.1, 0.15) is 0 Å². The van der Waals surface area contributed by atoms with Crippen molar-refractivity contribution in [2.24, 2.45) is 5.73 Å². The van der Waals surface area contributed by atoms with Crippen molar-refractivity contribution in [3.63, 3.8) is 0 Å². The first-order valence-corrected chi connectivity index (χ1v) is 7.75. The van der Waals surface area contributed by atoms with E-state index in [1.54, 1.807) is 0 Å². The van der Waals surface area contributed by atoms with E-state index in [1.165, 1.54) is 50.0 Å². The molecule has 0 radical (unpaired) electrons. The van der Waals surface area contributed by atoms with Crippen LogP contribution < -0.4 is 10.6 Å². The normalized spacial score (nSPS) is 18.5. The van der Waals surface area contributed by atoms with Gasteiger partial charge in [0.05, 0.1) is 0 Å². The molecule has 1 saturated heterocycles. The van der Waals surface area contributed by atoms with Crippen LogP contribution in [0.3, 0.4) is 0 Å². The van der Waals surface area contributed by atoms with Gasteiger partial charge in [-0.2, -0.15) is 0 Å². The Bertz CT molecular complexity index is 382. The number of anilines is 1. The van der Waals surface area contributed by atoms with E-state index in [0.717, 1.165) is 10.9 Å². The van der Waals surface area contributed by atoms with Crippen LogP contribution >= 0.6 is 15.9 Å². The Morgan fingerprint density at radius 2 is 1.89 bits per heavy atom. The van der Waals surface area contributed by atoms with Crippen LogP contribution in [0.15, 0.2) is 22.7 Å². The van der Waals surface area contributed by atoms with Gasteiger partial charge in [0.2, 0.25) is 0 Å². The third-order valence-corrected chi connectivity index (χ3v) is 4.03. The summed E-state index contributed by atoms with van der Waals surface area (Å²) in [6, 6.07) is 6.81. The fourth-order valence-electron chi connectivity index (χ4n) is 2.66. The van der Waals surface area contributed by atoms with Gasteiger partial charge in [0.15, 0.2) is 0 Å². The summed E-state index contributed by atoms with van der Waals surface area (Å²) >= 11 is 3.59. The van der Waals surface area contributed by atoms with Gasteiger partial charge < -0.3 is 10.6 Å². The zero-order chi connectivity index (χ0) is 13.0. The standard InChI is InChI=1S/C15H23BrN2/c1-12(17)10-13-6-7-14(16)11-15(13)18-8-4-2-3-5-9-18/h6-7,11-12H,2-5,8-10,17H2,1H3. The van der Waals surface area contributed by atoms with Gasteiger partial charge in [0.25, 0.3) is 0 Å². The number of halogens is 1. The molecule has 1 fully saturated rings. The van der Waals surface area contributed by atoms with Gasteiger partial charge in [-0.1, -0.05) is 34.8 Å².